The number of hydrogen-bond donors (Lipinski definition) is 2. The lowest BCUT2D eigenvalue weighted by atomic mass is 10.1. The van der Waals surface area contributed by atoms with Gasteiger partial charge in [0.1, 0.15) is 11.9 Å². The molecule has 0 spiro atoms. The lowest BCUT2D eigenvalue weighted by Gasteiger charge is -2.26. The number of carbonyl (C=O) groups is 1. The number of nitriles is 1. The number of amides is 1. The first-order valence-corrected chi connectivity index (χ1v) is 12.2. The molecule has 1 fully saturated rings. The van der Waals surface area contributed by atoms with Crippen LogP contribution in [0.4, 0.5) is 15.8 Å². The van der Waals surface area contributed by atoms with E-state index in [0.717, 1.165) is 19.4 Å². The zero-order chi connectivity index (χ0) is 25.2. The summed E-state index contributed by atoms with van der Waals surface area (Å²) >= 11 is 6.17. The van der Waals surface area contributed by atoms with Crippen LogP contribution in [0.2, 0.25) is 5.02 Å². The number of halogens is 2. The Bertz CT molecular complexity index is 1380. The third-order valence-corrected chi connectivity index (χ3v) is 6.89. The molecule has 5 rings (SSSR count). The molecule has 2 aliphatic rings. The van der Waals surface area contributed by atoms with E-state index in [4.69, 9.17) is 21.1 Å². The number of benzene rings is 2. The van der Waals surface area contributed by atoms with Crippen molar-refractivity contribution in [2.75, 3.05) is 32.1 Å². The van der Waals surface area contributed by atoms with Gasteiger partial charge in [-0.25, -0.2) is 4.39 Å². The molecule has 2 aliphatic heterocycles. The average molecular weight is 510 g/mol. The fourth-order valence-corrected chi connectivity index (χ4v) is 4.94. The van der Waals surface area contributed by atoms with Gasteiger partial charge in [0.2, 0.25) is 5.91 Å². The number of carbonyl (C=O) groups excluding carboxylic acids is 1. The fourth-order valence-electron chi connectivity index (χ4n) is 4.78. The quantitative estimate of drug-likeness (QED) is 0.497. The average Bonchev–Trinajstić information content (AvgIpc) is 3.34. The van der Waals surface area contributed by atoms with E-state index in [1.807, 2.05) is 4.90 Å². The number of ether oxygens (including phenoxy) is 2. The van der Waals surface area contributed by atoms with Gasteiger partial charge in [0.25, 0.3) is 0 Å². The minimum atomic E-state index is -0.549. The zero-order valence-corrected chi connectivity index (χ0v) is 20.5. The number of rotatable bonds is 1. The Balaban J connectivity index is 1.68. The summed E-state index contributed by atoms with van der Waals surface area (Å²) in [6, 6.07) is 8.29. The monoisotopic (exact) mass is 509 g/mol. The van der Waals surface area contributed by atoms with E-state index in [9.17, 15) is 14.4 Å². The first kappa shape index (κ1) is 24.1. The highest BCUT2D eigenvalue weighted by atomic mass is 35.5. The van der Waals surface area contributed by atoms with Crippen LogP contribution in [0.1, 0.15) is 30.4 Å². The smallest absolute Gasteiger partial charge is 0.237 e. The Morgan fingerprint density at radius 2 is 2.17 bits per heavy atom. The van der Waals surface area contributed by atoms with Gasteiger partial charge in [0.05, 0.1) is 41.5 Å². The Morgan fingerprint density at radius 1 is 1.31 bits per heavy atom. The molecule has 0 aliphatic carbocycles. The second-order valence-electron chi connectivity index (χ2n) is 8.85. The number of nitrogens with one attached hydrogen (secondary N) is 2. The lowest BCUT2D eigenvalue weighted by Crippen LogP contribution is -2.43. The molecule has 2 bridgehead atoms. The Hall–Kier alpha value is -3.61. The lowest BCUT2D eigenvalue weighted by molar-refractivity contribution is -0.125. The van der Waals surface area contributed by atoms with E-state index in [0.29, 0.717) is 71.0 Å². The molecule has 0 saturated carbocycles. The topological polar surface area (TPSA) is 99.5 Å². The summed E-state index contributed by atoms with van der Waals surface area (Å²) in [5.74, 6) is 0.392. The molecule has 8 nitrogen and oxygen atoms in total. The molecule has 1 unspecified atom stereocenters. The Labute approximate surface area is 213 Å². The Morgan fingerprint density at radius 3 is 2.97 bits per heavy atom. The van der Waals surface area contributed by atoms with Crippen molar-refractivity contribution in [3.8, 4) is 17.6 Å². The highest BCUT2D eigenvalue weighted by Crippen LogP contribution is 2.39. The molecule has 186 valence electrons. The van der Waals surface area contributed by atoms with Crippen molar-refractivity contribution >= 4 is 39.8 Å². The molecule has 36 heavy (non-hydrogen) atoms. The number of hydrogen-bond acceptors (Lipinski definition) is 7. The van der Waals surface area contributed by atoms with Crippen molar-refractivity contribution in [3.05, 3.63) is 52.4 Å². The van der Waals surface area contributed by atoms with Gasteiger partial charge >= 0.3 is 0 Å². The fraction of sp³-hybridized carbons (Fsp3) is 0.346. The maximum atomic E-state index is 14.6. The van der Waals surface area contributed by atoms with Gasteiger partial charge in [-0.2, -0.15) is 5.26 Å². The summed E-state index contributed by atoms with van der Waals surface area (Å²) in [5.41, 5.74) is 2.58. The number of nitrogens with zero attached hydrogens (tertiary/aromatic N) is 3. The second-order valence-corrected chi connectivity index (χ2v) is 9.26. The SMILES string of the molecule is COc1cc2ncc(C#N)c3c2cc1OCCCNC(=O)C1CCCN1Cc1cc(F)c(Cl)cc1N3. The zero-order valence-electron chi connectivity index (χ0n) is 19.7. The van der Waals surface area contributed by atoms with Crippen LogP contribution in [0.15, 0.2) is 30.5 Å². The molecule has 1 aromatic heterocycles. The highest BCUT2D eigenvalue weighted by Gasteiger charge is 2.31. The van der Waals surface area contributed by atoms with Gasteiger partial charge in [-0.15, -0.1) is 0 Å². The van der Waals surface area contributed by atoms with Crippen LogP contribution in [-0.2, 0) is 11.3 Å². The molecule has 2 aromatic carbocycles. The van der Waals surface area contributed by atoms with Crippen LogP contribution in [0, 0.1) is 17.1 Å². The van der Waals surface area contributed by atoms with Crippen LogP contribution in [0.25, 0.3) is 10.9 Å². The van der Waals surface area contributed by atoms with E-state index >= 15 is 0 Å². The standard InChI is InChI=1S/C26H25ClFN5O3/c1-35-23-11-21-17-9-24(23)36-7-3-5-30-26(34)22-4-2-6-33(22)14-15-8-19(28)18(27)10-20(15)32-25(17)16(12-29)13-31-21/h8-11,13,22,32H,2-7,14H2,1H3,(H,30,34). The van der Waals surface area contributed by atoms with Gasteiger partial charge in [0.15, 0.2) is 11.5 Å². The molecular weight excluding hydrogens is 485 g/mol. The number of fused-ring (bicyclic) bond motifs is 3. The summed E-state index contributed by atoms with van der Waals surface area (Å²) < 4.78 is 26.1. The third kappa shape index (κ3) is 4.62. The summed E-state index contributed by atoms with van der Waals surface area (Å²) in [4.78, 5) is 19.4. The molecule has 1 amide bonds. The predicted molar refractivity (Wildman–Crippen MR) is 134 cm³/mol. The van der Waals surface area contributed by atoms with Crippen molar-refractivity contribution in [1.29, 1.82) is 5.26 Å². The van der Waals surface area contributed by atoms with E-state index in [1.165, 1.54) is 18.3 Å². The van der Waals surface area contributed by atoms with Crippen molar-refractivity contribution in [1.82, 2.24) is 15.2 Å². The van der Waals surface area contributed by atoms with Crippen molar-refractivity contribution in [2.45, 2.75) is 31.8 Å². The van der Waals surface area contributed by atoms with Crippen molar-refractivity contribution in [2.24, 2.45) is 0 Å². The van der Waals surface area contributed by atoms with Gasteiger partial charge < -0.3 is 20.1 Å². The van der Waals surface area contributed by atoms with Gasteiger partial charge in [0, 0.05) is 36.4 Å². The summed E-state index contributed by atoms with van der Waals surface area (Å²) in [7, 11) is 1.54. The largest absolute Gasteiger partial charge is 0.493 e. The van der Waals surface area contributed by atoms with Gasteiger partial charge in [-0.05, 0) is 49.6 Å². The van der Waals surface area contributed by atoms with Crippen LogP contribution >= 0.6 is 11.6 Å². The van der Waals surface area contributed by atoms with Gasteiger partial charge in [-0.3, -0.25) is 14.7 Å². The van der Waals surface area contributed by atoms with Crippen LogP contribution < -0.4 is 20.1 Å². The highest BCUT2D eigenvalue weighted by molar-refractivity contribution is 6.31. The van der Waals surface area contributed by atoms with Gasteiger partial charge in [-0.1, -0.05) is 11.6 Å². The second kappa shape index (κ2) is 10.2. The summed E-state index contributed by atoms with van der Waals surface area (Å²) in [6.07, 6.45) is 3.68. The minimum Gasteiger partial charge on any atom is -0.493 e. The van der Waals surface area contributed by atoms with Crippen molar-refractivity contribution < 1.29 is 18.7 Å². The number of pyridine rings is 1. The third-order valence-electron chi connectivity index (χ3n) is 6.60. The first-order valence-electron chi connectivity index (χ1n) is 11.8. The normalized spacial score (nSPS) is 18.5. The van der Waals surface area contributed by atoms with Crippen molar-refractivity contribution in [3.63, 3.8) is 0 Å². The summed E-state index contributed by atoms with van der Waals surface area (Å²) in [5, 5.41) is 16.8. The molecule has 10 heteroatoms. The maximum absolute atomic E-state index is 14.6. The van der Waals surface area contributed by atoms with E-state index in [2.05, 4.69) is 21.7 Å². The van der Waals surface area contributed by atoms with E-state index in [-0.39, 0.29) is 17.0 Å². The minimum absolute atomic E-state index is 0.0473. The first-order chi connectivity index (χ1) is 17.5. The Kier molecular flexibility index (Phi) is 6.81. The number of aromatic nitrogens is 1. The summed E-state index contributed by atoms with van der Waals surface area (Å²) in [6.45, 7) is 1.90. The van der Waals surface area contributed by atoms with Crippen LogP contribution in [-0.4, -0.2) is 48.6 Å². The van der Waals surface area contributed by atoms with E-state index in [1.54, 1.807) is 19.2 Å². The van der Waals surface area contributed by atoms with Crippen LogP contribution in [0.5, 0.6) is 11.5 Å². The molecule has 0 radical (unpaired) electrons. The molecule has 3 heterocycles. The number of anilines is 2. The predicted octanol–water partition coefficient (Wildman–Crippen LogP) is 4.51. The molecule has 1 atom stereocenters. The van der Waals surface area contributed by atoms with E-state index < -0.39 is 5.82 Å². The molecule has 3 aromatic rings. The molecule has 1 saturated heterocycles. The van der Waals surface area contributed by atoms with Crippen LogP contribution in [0.3, 0.4) is 0 Å². The molecular formula is C26H25ClFN5O3. The number of methoxy groups -OCH3 is 1. The maximum Gasteiger partial charge on any atom is 0.237 e. The molecule has 2 N–H and O–H groups in total.